The molecule has 1 N–H and O–H groups in total. The molecule has 0 bridgehead atoms. The molecule has 2 nitrogen and oxygen atoms in total. The second kappa shape index (κ2) is 4.14. The van der Waals surface area contributed by atoms with Crippen LogP contribution in [0.25, 0.3) is 0 Å². The molecule has 0 aliphatic carbocycles. The number of halogens is 2. The van der Waals surface area contributed by atoms with E-state index < -0.39 is 5.97 Å². The van der Waals surface area contributed by atoms with Crippen LogP contribution in [0.4, 0.5) is 0 Å². The largest absolute Gasteiger partial charge is 0.478 e. The first-order chi connectivity index (χ1) is 6.73. The van der Waals surface area contributed by atoms with Gasteiger partial charge in [0.25, 0.3) is 0 Å². The zero-order chi connectivity index (χ0) is 11.8. The summed E-state index contributed by atoms with van der Waals surface area (Å²) in [7, 11) is 0. The molecular weight excluding hydrogens is 279 g/mol. The maximum atomic E-state index is 10.9. The Morgan fingerprint density at radius 3 is 2.33 bits per heavy atom. The van der Waals surface area contributed by atoms with Crippen molar-refractivity contribution >= 4 is 33.5 Å². The van der Waals surface area contributed by atoms with Gasteiger partial charge in [0.2, 0.25) is 0 Å². The topological polar surface area (TPSA) is 37.3 Å². The SMILES string of the molecule is CC(C)(C)c1cc(Br)cc(C(=O)O)c1Cl. The summed E-state index contributed by atoms with van der Waals surface area (Å²) in [6, 6.07) is 3.37. The number of aromatic carboxylic acids is 1. The number of rotatable bonds is 1. The minimum Gasteiger partial charge on any atom is -0.478 e. The van der Waals surface area contributed by atoms with Gasteiger partial charge in [0.1, 0.15) is 0 Å². The van der Waals surface area contributed by atoms with E-state index in [1.54, 1.807) is 0 Å². The third-order valence-electron chi connectivity index (χ3n) is 2.08. The highest BCUT2D eigenvalue weighted by atomic mass is 79.9. The van der Waals surface area contributed by atoms with Gasteiger partial charge in [0, 0.05) is 4.47 Å². The lowest BCUT2D eigenvalue weighted by Gasteiger charge is -2.21. The highest BCUT2D eigenvalue weighted by Gasteiger charge is 2.22. The van der Waals surface area contributed by atoms with Crippen LogP contribution in [0, 0.1) is 0 Å². The van der Waals surface area contributed by atoms with E-state index in [9.17, 15) is 4.79 Å². The molecule has 0 atom stereocenters. The molecule has 0 aliphatic rings. The minimum absolute atomic E-state index is 0.135. The smallest absolute Gasteiger partial charge is 0.337 e. The lowest BCUT2D eigenvalue weighted by molar-refractivity contribution is 0.0697. The molecule has 0 aromatic heterocycles. The van der Waals surface area contributed by atoms with Gasteiger partial charge in [-0.3, -0.25) is 0 Å². The van der Waals surface area contributed by atoms with Crippen molar-refractivity contribution in [3.63, 3.8) is 0 Å². The molecule has 15 heavy (non-hydrogen) atoms. The predicted octanol–water partition coefficient (Wildman–Crippen LogP) is 4.10. The van der Waals surface area contributed by atoms with E-state index in [-0.39, 0.29) is 11.0 Å². The van der Waals surface area contributed by atoms with E-state index in [0.717, 1.165) is 10.0 Å². The molecule has 0 amide bonds. The number of hydrogen-bond donors (Lipinski definition) is 1. The molecule has 1 rings (SSSR count). The van der Waals surface area contributed by atoms with E-state index in [2.05, 4.69) is 15.9 Å². The van der Waals surface area contributed by atoms with Gasteiger partial charge < -0.3 is 5.11 Å². The van der Waals surface area contributed by atoms with Crippen molar-refractivity contribution < 1.29 is 9.90 Å². The fraction of sp³-hybridized carbons (Fsp3) is 0.364. The molecule has 0 radical (unpaired) electrons. The average Bonchev–Trinajstić information content (AvgIpc) is 2.06. The number of carboxylic acid groups (broad SMARTS) is 1. The van der Waals surface area contributed by atoms with Crippen LogP contribution >= 0.6 is 27.5 Å². The van der Waals surface area contributed by atoms with E-state index >= 15 is 0 Å². The normalized spacial score (nSPS) is 11.5. The first kappa shape index (κ1) is 12.5. The number of carboxylic acids is 1. The van der Waals surface area contributed by atoms with Crippen LogP contribution in [-0.4, -0.2) is 11.1 Å². The van der Waals surface area contributed by atoms with Crippen LogP contribution in [0.1, 0.15) is 36.7 Å². The van der Waals surface area contributed by atoms with Crippen molar-refractivity contribution in [1.82, 2.24) is 0 Å². The molecular formula is C11H12BrClO2. The Labute approximate surface area is 102 Å². The molecule has 4 heteroatoms. The molecule has 0 saturated heterocycles. The van der Waals surface area contributed by atoms with Crippen LogP contribution in [0.3, 0.4) is 0 Å². The summed E-state index contributed by atoms with van der Waals surface area (Å²) in [6.45, 7) is 5.98. The second-order valence-electron chi connectivity index (χ2n) is 4.37. The molecule has 0 aliphatic heterocycles. The summed E-state index contributed by atoms with van der Waals surface area (Å²) in [5.74, 6) is -1.01. The van der Waals surface area contributed by atoms with Crippen molar-refractivity contribution in [2.24, 2.45) is 0 Å². The van der Waals surface area contributed by atoms with Gasteiger partial charge in [-0.2, -0.15) is 0 Å². The van der Waals surface area contributed by atoms with Crippen LogP contribution in [0.2, 0.25) is 5.02 Å². The fourth-order valence-electron chi connectivity index (χ4n) is 1.29. The zero-order valence-electron chi connectivity index (χ0n) is 8.77. The molecule has 0 fully saturated rings. The molecule has 1 aromatic rings. The van der Waals surface area contributed by atoms with E-state index in [1.807, 2.05) is 26.8 Å². The molecule has 0 saturated carbocycles. The van der Waals surface area contributed by atoms with Gasteiger partial charge in [-0.1, -0.05) is 48.3 Å². The Bertz CT molecular complexity index is 408. The highest BCUT2D eigenvalue weighted by molar-refractivity contribution is 9.10. The predicted molar refractivity (Wildman–Crippen MR) is 64.8 cm³/mol. The minimum atomic E-state index is -1.01. The van der Waals surface area contributed by atoms with E-state index in [0.29, 0.717) is 5.02 Å². The Hall–Kier alpha value is -0.540. The van der Waals surface area contributed by atoms with E-state index in [1.165, 1.54) is 6.07 Å². The van der Waals surface area contributed by atoms with Gasteiger partial charge in [-0.05, 0) is 23.1 Å². The van der Waals surface area contributed by atoms with Crippen molar-refractivity contribution in [2.75, 3.05) is 0 Å². The summed E-state index contributed by atoms with van der Waals surface area (Å²) in [5.41, 5.74) is 0.789. The number of benzene rings is 1. The first-order valence-corrected chi connectivity index (χ1v) is 5.63. The zero-order valence-corrected chi connectivity index (χ0v) is 11.1. The molecule has 0 unspecified atom stereocenters. The van der Waals surface area contributed by atoms with Gasteiger partial charge in [0.05, 0.1) is 10.6 Å². The monoisotopic (exact) mass is 290 g/mol. The molecule has 0 spiro atoms. The first-order valence-electron chi connectivity index (χ1n) is 4.46. The van der Waals surface area contributed by atoms with Crippen molar-refractivity contribution in [2.45, 2.75) is 26.2 Å². The van der Waals surface area contributed by atoms with Crippen LogP contribution in [0.15, 0.2) is 16.6 Å². The third-order valence-corrected chi connectivity index (χ3v) is 2.94. The Morgan fingerprint density at radius 1 is 1.40 bits per heavy atom. The lowest BCUT2D eigenvalue weighted by Crippen LogP contribution is -2.14. The second-order valence-corrected chi connectivity index (χ2v) is 5.66. The van der Waals surface area contributed by atoms with Gasteiger partial charge in [-0.25, -0.2) is 4.79 Å². The summed E-state index contributed by atoms with van der Waals surface area (Å²) < 4.78 is 0.731. The van der Waals surface area contributed by atoms with E-state index in [4.69, 9.17) is 16.7 Å². The Balaban J connectivity index is 3.49. The molecule has 82 valence electrons. The quantitative estimate of drug-likeness (QED) is 0.846. The summed E-state index contributed by atoms with van der Waals surface area (Å²) in [5, 5.41) is 9.29. The molecule has 1 aromatic carbocycles. The van der Waals surface area contributed by atoms with Gasteiger partial charge in [0.15, 0.2) is 0 Å². The standard InChI is InChI=1S/C11H12BrClO2/c1-11(2,3)8-5-6(12)4-7(9(8)13)10(14)15/h4-5H,1-3H3,(H,14,15). The highest BCUT2D eigenvalue weighted by Crippen LogP contribution is 2.34. The number of hydrogen-bond acceptors (Lipinski definition) is 1. The van der Waals surface area contributed by atoms with Gasteiger partial charge in [-0.15, -0.1) is 0 Å². The van der Waals surface area contributed by atoms with Crippen LogP contribution < -0.4 is 0 Å². The summed E-state index contributed by atoms with van der Waals surface area (Å²) in [6.07, 6.45) is 0. The van der Waals surface area contributed by atoms with Crippen molar-refractivity contribution in [1.29, 1.82) is 0 Å². The summed E-state index contributed by atoms with van der Waals surface area (Å²) in [4.78, 5) is 10.9. The van der Waals surface area contributed by atoms with Crippen molar-refractivity contribution in [3.8, 4) is 0 Å². The van der Waals surface area contributed by atoms with Crippen molar-refractivity contribution in [3.05, 3.63) is 32.8 Å². The average molecular weight is 292 g/mol. The maximum Gasteiger partial charge on any atom is 0.337 e. The Morgan fingerprint density at radius 2 is 1.93 bits per heavy atom. The number of carbonyl (C=O) groups is 1. The third kappa shape index (κ3) is 2.73. The molecule has 0 heterocycles. The fourth-order valence-corrected chi connectivity index (χ4v) is 2.22. The van der Waals surface area contributed by atoms with Crippen LogP contribution in [0.5, 0.6) is 0 Å². The Kier molecular flexibility index (Phi) is 3.46. The summed E-state index contributed by atoms with van der Waals surface area (Å²) >= 11 is 9.34. The maximum absolute atomic E-state index is 10.9. The van der Waals surface area contributed by atoms with Crippen LogP contribution in [-0.2, 0) is 5.41 Å². The van der Waals surface area contributed by atoms with Gasteiger partial charge >= 0.3 is 5.97 Å². The lowest BCUT2D eigenvalue weighted by atomic mass is 9.86.